The first kappa shape index (κ1) is 11.6. The van der Waals surface area contributed by atoms with Gasteiger partial charge in [0, 0.05) is 23.9 Å². The first-order valence-corrected chi connectivity index (χ1v) is 6.15. The lowest BCUT2D eigenvalue weighted by molar-refractivity contribution is 0.277. The van der Waals surface area contributed by atoms with Crippen LogP contribution in [-0.4, -0.2) is 22.3 Å². The maximum atomic E-state index is 5.73. The normalized spacial score (nSPS) is 30.9. The van der Waals surface area contributed by atoms with Crippen molar-refractivity contribution in [3.63, 3.8) is 0 Å². The summed E-state index contributed by atoms with van der Waals surface area (Å²) in [7, 11) is 0. The van der Waals surface area contributed by atoms with E-state index in [-0.39, 0.29) is 0 Å². The van der Waals surface area contributed by atoms with E-state index in [2.05, 4.69) is 43.2 Å². The Morgan fingerprint density at radius 3 is 2.31 bits per heavy atom. The van der Waals surface area contributed by atoms with Crippen molar-refractivity contribution in [2.75, 3.05) is 0 Å². The van der Waals surface area contributed by atoms with E-state index in [0.717, 1.165) is 24.6 Å². The van der Waals surface area contributed by atoms with E-state index >= 15 is 0 Å². The minimum Gasteiger partial charge on any atom is -0.425 e. The van der Waals surface area contributed by atoms with E-state index in [4.69, 9.17) is 4.42 Å². The molecule has 0 unspecified atom stereocenters. The van der Waals surface area contributed by atoms with Crippen molar-refractivity contribution in [1.29, 1.82) is 0 Å². The Morgan fingerprint density at radius 2 is 1.81 bits per heavy atom. The van der Waals surface area contributed by atoms with E-state index in [1.54, 1.807) is 0 Å². The summed E-state index contributed by atoms with van der Waals surface area (Å²) >= 11 is 0. The maximum Gasteiger partial charge on any atom is 0.219 e. The van der Waals surface area contributed by atoms with Crippen LogP contribution in [0.5, 0.6) is 0 Å². The molecule has 2 rings (SSSR count). The van der Waals surface area contributed by atoms with Crippen LogP contribution >= 0.6 is 0 Å². The number of hydrogen-bond donors (Lipinski definition) is 1. The largest absolute Gasteiger partial charge is 0.425 e. The average molecular weight is 223 g/mol. The molecule has 4 nitrogen and oxygen atoms in total. The first-order valence-electron chi connectivity index (χ1n) is 6.15. The molecule has 1 N–H and O–H groups in total. The quantitative estimate of drug-likeness (QED) is 0.836. The summed E-state index contributed by atoms with van der Waals surface area (Å²) in [6.07, 6.45) is 2.17. The van der Waals surface area contributed by atoms with Crippen LogP contribution in [0.4, 0.5) is 0 Å². The molecule has 1 fully saturated rings. The fraction of sp³-hybridized carbons (Fsp3) is 0.833. The zero-order valence-corrected chi connectivity index (χ0v) is 10.5. The van der Waals surface area contributed by atoms with Crippen molar-refractivity contribution < 1.29 is 4.42 Å². The topological polar surface area (TPSA) is 51.0 Å². The van der Waals surface area contributed by atoms with Crippen molar-refractivity contribution >= 4 is 0 Å². The van der Waals surface area contributed by atoms with Gasteiger partial charge in [0.1, 0.15) is 0 Å². The zero-order valence-electron chi connectivity index (χ0n) is 10.5. The van der Waals surface area contributed by atoms with Gasteiger partial charge in [0.05, 0.1) is 0 Å². The molecule has 0 amide bonds. The highest BCUT2D eigenvalue weighted by Gasteiger charge is 2.28. The molecular formula is C12H21N3O. The predicted molar refractivity (Wildman–Crippen MR) is 62.4 cm³/mol. The molecule has 2 heterocycles. The van der Waals surface area contributed by atoms with Crippen LogP contribution in [0.1, 0.15) is 64.2 Å². The van der Waals surface area contributed by atoms with E-state index in [9.17, 15) is 0 Å². The fourth-order valence-corrected chi connectivity index (χ4v) is 2.42. The van der Waals surface area contributed by atoms with Crippen LogP contribution < -0.4 is 5.32 Å². The third-order valence-corrected chi connectivity index (χ3v) is 3.14. The number of aromatic nitrogens is 2. The summed E-state index contributed by atoms with van der Waals surface area (Å²) in [5.74, 6) is 2.32. The summed E-state index contributed by atoms with van der Waals surface area (Å²) < 4.78 is 5.73. The second kappa shape index (κ2) is 4.53. The molecule has 0 aliphatic carbocycles. The lowest BCUT2D eigenvalue weighted by atomic mass is 9.89. The van der Waals surface area contributed by atoms with E-state index in [1.165, 1.54) is 0 Å². The number of nitrogens with zero attached hydrogens (tertiary/aromatic N) is 2. The molecular weight excluding hydrogens is 202 g/mol. The molecule has 4 heteroatoms. The molecule has 1 aliphatic rings. The lowest BCUT2D eigenvalue weighted by Crippen LogP contribution is -2.41. The van der Waals surface area contributed by atoms with Crippen LogP contribution in [0, 0.1) is 0 Å². The molecule has 0 radical (unpaired) electrons. The maximum absolute atomic E-state index is 5.73. The van der Waals surface area contributed by atoms with Crippen LogP contribution in [0.25, 0.3) is 0 Å². The first-order chi connectivity index (χ1) is 7.56. The Kier molecular flexibility index (Phi) is 3.28. The standard InChI is InChI=1S/C12H21N3O/c1-7(2)11-14-15-12(16-11)10-5-8(3)13-9(4)6-10/h7-10,13H,5-6H2,1-4H3/t8-,9-/m0/s1. The molecule has 0 bridgehead atoms. The molecule has 0 aromatic carbocycles. The van der Waals surface area contributed by atoms with E-state index < -0.39 is 0 Å². The van der Waals surface area contributed by atoms with Crippen LogP contribution in [0.2, 0.25) is 0 Å². The molecule has 90 valence electrons. The molecule has 1 saturated heterocycles. The smallest absolute Gasteiger partial charge is 0.219 e. The van der Waals surface area contributed by atoms with Gasteiger partial charge in [-0.3, -0.25) is 0 Å². The lowest BCUT2D eigenvalue weighted by Gasteiger charge is -2.30. The van der Waals surface area contributed by atoms with Gasteiger partial charge in [-0.05, 0) is 26.7 Å². The monoisotopic (exact) mass is 223 g/mol. The third-order valence-electron chi connectivity index (χ3n) is 3.14. The van der Waals surface area contributed by atoms with Gasteiger partial charge < -0.3 is 9.73 Å². The minimum atomic E-state index is 0.317. The molecule has 0 spiro atoms. The zero-order chi connectivity index (χ0) is 11.7. The molecule has 1 aromatic heterocycles. The Balaban J connectivity index is 2.10. The van der Waals surface area contributed by atoms with Crippen molar-refractivity contribution in [2.45, 2.75) is 64.5 Å². The van der Waals surface area contributed by atoms with Gasteiger partial charge in [-0.2, -0.15) is 0 Å². The SMILES string of the molecule is CC(C)c1nnc(C2C[C@H](C)N[C@@H](C)C2)o1. The Labute approximate surface area is 96.8 Å². The second-order valence-electron chi connectivity index (χ2n) is 5.27. The van der Waals surface area contributed by atoms with Crippen molar-refractivity contribution in [2.24, 2.45) is 0 Å². The van der Waals surface area contributed by atoms with Crippen LogP contribution in [0.15, 0.2) is 4.42 Å². The Bertz CT molecular complexity index is 338. The summed E-state index contributed by atoms with van der Waals surface area (Å²) in [6.45, 7) is 8.57. The van der Waals surface area contributed by atoms with Gasteiger partial charge >= 0.3 is 0 Å². The van der Waals surface area contributed by atoms with E-state index in [0.29, 0.717) is 23.9 Å². The highest BCUT2D eigenvalue weighted by Crippen LogP contribution is 2.30. The van der Waals surface area contributed by atoms with Gasteiger partial charge in [0.15, 0.2) is 0 Å². The van der Waals surface area contributed by atoms with Crippen LogP contribution in [-0.2, 0) is 0 Å². The van der Waals surface area contributed by atoms with Crippen molar-refractivity contribution in [3.05, 3.63) is 11.8 Å². The fourth-order valence-electron chi connectivity index (χ4n) is 2.42. The highest BCUT2D eigenvalue weighted by atomic mass is 16.4. The molecule has 2 atom stereocenters. The van der Waals surface area contributed by atoms with Crippen molar-refractivity contribution in [1.82, 2.24) is 15.5 Å². The van der Waals surface area contributed by atoms with E-state index in [1.807, 2.05) is 0 Å². The molecule has 1 aliphatic heterocycles. The van der Waals surface area contributed by atoms with Crippen LogP contribution in [0.3, 0.4) is 0 Å². The average Bonchev–Trinajstić information content (AvgIpc) is 2.64. The number of piperidine rings is 1. The van der Waals surface area contributed by atoms with Gasteiger partial charge in [0.25, 0.3) is 0 Å². The summed E-state index contributed by atoms with van der Waals surface area (Å²) in [4.78, 5) is 0. The molecule has 1 aromatic rings. The van der Waals surface area contributed by atoms with Gasteiger partial charge in [0.2, 0.25) is 11.8 Å². The number of hydrogen-bond acceptors (Lipinski definition) is 4. The minimum absolute atomic E-state index is 0.317. The third kappa shape index (κ3) is 2.43. The van der Waals surface area contributed by atoms with Crippen molar-refractivity contribution in [3.8, 4) is 0 Å². The highest BCUT2D eigenvalue weighted by molar-refractivity contribution is 4.99. The summed E-state index contributed by atoms with van der Waals surface area (Å²) in [5, 5.41) is 11.8. The Morgan fingerprint density at radius 1 is 1.19 bits per heavy atom. The molecule has 0 saturated carbocycles. The molecule has 16 heavy (non-hydrogen) atoms. The second-order valence-corrected chi connectivity index (χ2v) is 5.27. The summed E-state index contributed by atoms with van der Waals surface area (Å²) in [6, 6.07) is 1.06. The van der Waals surface area contributed by atoms with Gasteiger partial charge in [-0.25, -0.2) is 0 Å². The van der Waals surface area contributed by atoms with Gasteiger partial charge in [-0.15, -0.1) is 10.2 Å². The predicted octanol–water partition coefficient (Wildman–Crippen LogP) is 2.44. The summed E-state index contributed by atoms with van der Waals surface area (Å²) in [5.41, 5.74) is 0. The van der Waals surface area contributed by atoms with Gasteiger partial charge in [-0.1, -0.05) is 13.8 Å². The number of rotatable bonds is 2. The Hall–Kier alpha value is -0.900. The number of nitrogens with one attached hydrogen (secondary N) is 1.